The number of amides is 3. The molecule has 0 spiro atoms. The largest absolute Gasteiger partial charge is 0.321 e. The van der Waals surface area contributed by atoms with Crippen molar-refractivity contribution < 1.29 is 14.4 Å². The van der Waals surface area contributed by atoms with E-state index in [1.807, 2.05) is 49.6 Å². The number of nitrogens with zero attached hydrogens (tertiary/aromatic N) is 1. The highest BCUT2D eigenvalue weighted by atomic mass is 32.1. The molecule has 4 rings (SSSR count). The van der Waals surface area contributed by atoms with Gasteiger partial charge < -0.3 is 15.5 Å². The fourth-order valence-corrected chi connectivity index (χ4v) is 4.31. The summed E-state index contributed by atoms with van der Waals surface area (Å²) in [5.41, 5.74) is 3.97. The zero-order valence-corrected chi connectivity index (χ0v) is 19.4. The lowest BCUT2D eigenvalue weighted by Crippen LogP contribution is -2.31. The van der Waals surface area contributed by atoms with Crippen LogP contribution in [-0.2, 0) is 9.59 Å². The lowest BCUT2D eigenvalue weighted by Gasteiger charge is -2.20. The Morgan fingerprint density at radius 2 is 1.85 bits per heavy atom. The van der Waals surface area contributed by atoms with Gasteiger partial charge in [-0.05, 0) is 67.6 Å². The summed E-state index contributed by atoms with van der Waals surface area (Å²) in [7, 11) is 0. The smallest absolute Gasteiger partial charge is 0.272 e. The Labute approximate surface area is 196 Å². The van der Waals surface area contributed by atoms with E-state index < -0.39 is 5.91 Å². The third-order valence-electron chi connectivity index (χ3n) is 5.47. The first kappa shape index (κ1) is 22.5. The fraction of sp³-hybridized carbons (Fsp3) is 0.192. The van der Waals surface area contributed by atoms with Gasteiger partial charge in [0.25, 0.3) is 11.8 Å². The van der Waals surface area contributed by atoms with Crippen LogP contribution < -0.4 is 15.5 Å². The van der Waals surface area contributed by atoms with Crippen molar-refractivity contribution in [2.45, 2.75) is 26.7 Å². The maximum Gasteiger partial charge on any atom is 0.272 e. The van der Waals surface area contributed by atoms with Crippen LogP contribution in [0.1, 0.15) is 39.2 Å². The summed E-state index contributed by atoms with van der Waals surface area (Å²) in [4.78, 5) is 40.8. The average molecular weight is 460 g/mol. The normalized spacial score (nSPS) is 13.8. The Morgan fingerprint density at radius 3 is 2.52 bits per heavy atom. The van der Waals surface area contributed by atoms with Gasteiger partial charge in [-0.1, -0.05) is 29.8 Å². The van der Waals surface area contributed by atoms with Crippen molar-refractivity contribution in [1.29, 1.82) is 0 Å². The Hall–Kier alpha value is -3.71. The number of hydrogen-bond donors (Lipinski definition) is 2. The molecule has 7 heteroatoms. The van der Waals surface area contributed by atoms with Gasteiger partial charge in [-0.25, -0.2) is 0 Å². The van der Waals surface area contributed by atoms with Gasteiger partial charge in [-0.3, -0.25) is 14.4 Å². The zero-order valence-electron chi connectivity index (χ0n) is 18.6. The van der Waals surface area contributed by atoms with Crippen molar-refractivity contribution in [3.8, 4) is 0 Å². The number of carbonyl (C=O) groups excluding carboxylic acids is 3. The summed E-state index contributed by atoms with van der Waals surface area (Å²) in [6, 6.07) is 16.4. The van der Waals surface area contributed by atoms with E-state index in [-0.39, 0.29) is 17.5 Å². The Balaban J connectivity index is 1.57. The van der Waals surface area contributed by atoms with Crippen molar-refractivity contribution in [2.24, 2.45) is 0 Å². The van der Waals surface area contributed by atoms with E-state index in [0.717, 1.165) is 28.1 Å². The predicted molar refractivity (Wildman–Crippen MR) is 132 cm³/mol. The highest BCUT2D eigenvalue weighted by Gasteiger charge is 2.23. The fourth-order valence-electron chi connectivity index (χ4n) is 3.65. The monoisotopic (exact) mass is 459 g/mol. The van der Waals surface area contributed by atoms with Crippen LogP contribution in [0.4, 0.5) is 11.4 Å². The summed E-state index contributed by atoms with van der Waals surface area (Å²) in [5, 5.41) is 7.53. The Morgan fingerprint density at radius 1 is 1.06 bits per heavy atom. The lowest BCUT2D eigenvalue weighted by molar-refractivity contribution is -0.117. The molecular weight excluding hydrogens is 434 g/mol. The van der Waals surface area contributed by atoms with Gasteiger partial charge >= 0.3 is 0 Å². The number of thiophene rings is 1. The number of benzene rings is 2. The topological polar surface area (TPSA) is 78.5 Å². The van der Waals surface area contributed by atoms with E-state index in [9.17, 15) is 14.4 Å². The maximum absolute atomic E-state index is 13.2. The minimum absolute atomic E-state index is 0.0882. The third-order valence-corrected chi connectivity index (χ3v) is 6.29. The van der Waals surface area contributed by atoms with Crippen LogP contribution in [0.5, 0.6) is 0 Å². The van der Waals surface area contributed by atoms with Crippen molar-refractivity contribution in [1.82, 2.24) is 5.32 Å². The van der Waals surface area contributed by atoms with Crippen LogP contribution in [0.2, 0.25) is 0 Å². The van der Waals surface area contributed by atoms with E-state index in [4.69, 9.17) is 0 Å². The number of aryl methyl sites for hydroxylation is 2. The molecule has 1 aliphatic rings. The second-order valence-corrected chi connectivity index (χ2v) is 8.98. The molecule has 1 aliphatic heterocycles. The van der Waals surface area contributed by atoms with Crippen LogP contribution in [0.3, 0.4) is 0 Å². The minimum atomic E-state index is -0.439. The molecule has 0 saturated carbocycles. The molecule has 3 aromatic rings. The number of rotatable bonds is 6. The number of nitrogens with one attached hydrogen (secondary N) is 2. The molecule has 6 nitrogen and oxygen atoms in total. The number of carbonyl (C=O) groups is 3. The molecule has 3 amide bonds. The van der Waals surface area contributed by atoms with E-state index in [0.29, 0.717) is 24.2 Å². The summed E-state index contributed by atoms with van der Waals surface area (Å²) < 4.78 is 0. The predicted octanol–water partition coefficient (Wildman–Crippen LogP) is 4.90. The van der Waals surface area contributed by atoms with E-state index in [1.54, 1.807) is 35.2 Å². The van der Waals surface area contributed by atoms with Gasteiger partial charge in [-0.15, -0.1) is 11.3 Å². The second kappa shape index (κ2) is 9.83. The second-order valence-electron chi connectivity index (χ2n) is 8.00. The van der Waals surface area contributed by atoms with Crippen LogP contribution in [-0.4, -0.2) is 24.3 Å². The first-order chi connectivity index (χ1) is 15.9. The molecule has 1 aromatic heterocycles. The van der Waals surface area contributed by atoms with Crippen molar-refractivity contribution in [3.63, 3.8) is 0 Å². The number of hydrogen-bond acceptors (Lipinski definition) is 4. The summed E-state index contributed by atoms with van der Waals surface area (Å²) in [5.74, 6) is -0.711. The number of anilines is 2. The molecule has 2 aromatic carbocycles. The third kappa shape index (κ3) is 5.38. The van der Waals surface area contributed by atoms with Crippen LogP contribution >= 0.6 is 11.3 Å². The van der Waals surface area contributed by atoms with Gasteiger partial charge in [0.15, 0.2) is 0 Å². The summed E-state index contributed by atoms with van der Waals surface area (Å²) >= 11 is 1.47. The quantitative estimate of drug-likeness (QED) is 0.515. The average Bonchev–Trinajstić information content (AvgIpc) is 3.46. The van der Waals surface area contributed by atoms with Gasteiger partial charge in [0.05, 0.1) is 0 Å². The van der Waals surface area contributed by atoms with Crippen molar-refractivity contribution >= 4 is 46.5 Å². The Bertz CT molecular complexity index is 1210. The summed E-state index contributed by atoms with van der Waals surface area (Å²) in [6.07, 6.45) is 3.02. The van der Waals surface area contributed by atoms with E-state index in [2.05, 4.69) is 10.6 Å². The molecule has 168 valence electrons. The molecule has 0 atom stereocenters. The van der Waals surface area contributed by atoms with E-state index in [1.165, 1.54) is 11.3 Å². The van der Waals surface area contributed by atoms with Gasteiger partial charge in [0, 0.05) is 34.8 Å². The minimum Gasteiger partial charge on any atom is -0.321 e. The molecule has 1 saturated heterocycles. The molecule has 0 unspecified atom stereocenters. The molecule has 1 fully saturated rings. The van der Waals surface area contributed by atoms with Crippen LogP contribution in [0.25, 0.3) is 6.08 Å². The molecular formula is C26H25N3O3S. The molecule has 0 radical (unpaired) electrons. The molecule has 0 aliphatic carbocycles. The van der Waals surface area contributed by atoms with Crippen LogP contribution in [0.15, 0.2) is 65.7 Å². The standard InChI is InChI=1S/C26H25N3O3S/c1-17-7-10-19(11-8-17)25(31)28-22(16-21-5-4-14-33-21)26(32)27-20-12-9-18(2)23(15-20)29-13-3-6-24(29)30/h4-5,7-12,14-16H,3,6,13H2,1-2H3,(H,27,32)(H,28,31)/b22-16-. The van der Waals surface area contributed by atoms with Crippen molar-refractivity contribution in [2.75, 3.05) is 16.8 Å². The molecule has 2 N–H and O–H groups in total. The van der Waals surface area contributed by atoms with Gasteiger partial charge in [0.2, 0.25) is 5.91 Å². The lowest BCUT2D eigenvalue weighted by atomic mass is 10.1. The molecule has 33 heavy (non-hydrogen) atoms. The first-order valence-electron chi connectivity index (χ1n) is 10.8. The first-order valence-corrected chi connectivity index (χ1v) is 11.6. The van der Waals surface area contributed by atoms with Crippen molar-refractivity contribution in [3.05, 3.63) is 87.2 Å². The zero-order chi connectivity index (χ0) is 23.4. The SMILES string of the molecule is Cc1ccc(C(=O)N/C(=C\c2cccs2)C(=O)Nc2ccc(C)c(N3CCCC3=O)c2)cc1. The highest BCUT2D eigenvalue weighted by molar-refractivity contribution is 7.10. The van der Waals surface area contributed by atoms with Gasteiger partial charge in [0.1, 0.15) is 5.70 Å². The highest BCUT2D eigenvalue weighted by Crippen LogP contribution is 2.28. The van der Waals surface area contributed by atoms with E-state index >= 15 is 0 Å². The maximum atomic E-state index is 13.2. The molecule has 0 bridgehead atoms. The van der Waals surface area contributed by atoms with Gasteiger partial charge in [-0.2, -0.15) is 0 Å². The Kier molecular flexibility index (Phi) is 6.70. The summed E-state index contributed by atoms with van der Waals surface area (Å²) in [6.45, 7) is 4.56. The van der Waals surface area contributed by atoms with Crippen LogP contribution in [0, 0.1) is 13.8 Å². The molecule has 2 heterocycles.